The lowest BCUT2D eigenvalue weighted by molar-refractivity contribution is 0.0951. The first kappa shape index (κ1) is 22.0. The van der Waals surface area contributed by atoms with Crippen LogP contribution in [0.15, 0.2) is 35.2 Å². The SMILES string of the molecule is COc1ccc(Cl)cc1C(=O)NCCNS(=O)(=O)c1cc(C)c(C)cc1OC. The Morgan fingerprint density at radius 3 is 2.29 bits per heavy atom. The van der Waals surface area contributed by atoms with Crippen LogP contribution in [0.3, 0.4) is 0 Å². The highest BCUT2D eigenvalue weighted by molar-refractivity contribution is 7.89. The van der Waals surface area contributed by atoms with Gasteiger partial charge in [0.2, 0.25) is 10.0 Å². The normalized spacial score (nSPS) is 11.2. The van der Waals surface area contributed by atoms with Crippen LogP contribution in [-0.4, -0.2) is 41.6 Å². The van der Waals surface area contributed by atoms with Crippen LogP contribution in [0, 0.1) is 13.8 Å². The molecule has 0 spiro atoms. The molecule has 2 aromatic rings. The zero-order chi connectivity index (χ0) is 20.9. The van der Waals surface area contributed by atoms with Crippen molar-refractivity contribution in [1.29, 1.82) is 0 Å². The molecule has 0 saturated heterocycles. The van der Waals surface area contributed by atoms with Gasteiger partial charge in [0.25, 0.3) is 5.91 Å². The molecular formula is C19H23ClN2O5S. The van der Waals surface area contributed by atoms with E-state index in [0.717, 1.165) is 11.1 Å². The number of ether oxygens (including phenoxy) is 2. The summed E-state index contributed by atoms with van der Waals surface area (Å²) in [7, 11) is -0.929. The highest BCUT2D eigenvalue weighted by Crippen LogP contribution is 2.27. The van der Waals surface area contributed by atoms with Crippen molar-refractivity contribution < 1.29 is 22.7 Å². The number of amides is 1. The van der Waals surface area contributed by atoms with Crippen molar-refractivity contribution in [1.82, 2.24) is 10.0 Å². The number of rotatable bonds is 8. The number of carbonyl (C=O) groups excluding carboxylic acids is 1. The van der Waals surface area contributed by atoms with Crippen molar-refractivity contribution in [2.75, 3.05) is 27.3 Å². The van der Waals surface area contributed by atoms with E-state index in [1.807, 2.05) is 13.8 Å². The Bertz CT molecular complexity index is 977. The summed E-state index contributed by atoms with van der Waals surface area (Å²) in [6, 6.07) is 7.93. The Morgan fingerprint density at radius 2 is 1.64 bits per heavy atom. The standard InChI is InChI=1S/C19H23ClN2O5S/c1-12-9-17(27-4)18(10-13(12)2)28(24,25)22-8-7-21-19(23)15-11-14(20)5-6-16(15)26-3/h5-6,9-11,22H,7-8H2,1-4H3,(H,21,23). The van der Waals surface area contributed by atoms with Crippen LogP contribution >= 0.6 is 11.6 Å². The average Bonchev–Trinajstić information content (AvgIpc) is 2.66. The lowest BCUT2D eigenvalue weighted by Gasteiger charge is -2.14. The van der Waals surface area contributed by atoms with Crippen LogP contribution < -0.4 is 19.5 Å². The third-order valence-corrected chi connectivity index (χ3v) is 5.90. The molecule has 0 aliphatic rings. The minimum atomic E-state index is -3.80. The number of sulfonamides is 1. The van der Waals surface area contributed by atoms with E-state index < -0.39 is 15.9 Å². The van der Waals surface area contributed by atoms with E-state index in [1.54, 1.807) is 24.3 Å². The highest BCUT2D eigenvalue weighted by atomic mass is 35.5. The number of methoxy groups -OCH3 is 2. The number of benzene rings is 2. The Balaban J connectivity index is 2.03. The van der Waals surface area contributed by atoms with Gasteiger partial charge in [-0.1, -0.05) is 11.6 Å². The lowest BCUT2D eigenvalue weighted by Crippen LogP contribution is -2.35. The van der Waals surface area contributed by atoms with Crippen molar-refractivity contribution in [2.24, 2.45) is 0 Å². The average molecular weight is 427 g/mol. The quantitative estimate of drug-likeness (QED) is 0.633. The van der Waals surface area contributed by atoms with Gasteiger partial charge in [-0.2, -0.15) is 0 Å². The molecule has 0 bridgehead atoms. The Kier molecular flexibility index (Phi) is 7.29. The molecule has 152 valence electrons. The monoisotopic (exact) mass is 426 g/mol. The zero-order valence-corrected chi connectivity index (χ0v) is 17.7. The van der Waals surface area contributed by atoms with Crippen molar-refractivity contribution in [3.05, 3.63) is 52.0 Å². The maximum absolute atomic E-state index is 12.6. The molecule has 0 fully saturated rings. The molecule has 0 aromatic heterocycles. The van der Waals surface area contributed by atoms with Crippen LogP contribution in [0.5, 0.6) is 11.5 Å². The summed E-state index contributed by atoms with van der Waals surface area (Å²) in [5, 5.41) is 3.04. The van der Waals surface area contributed by atoms with Crippen LogP contribution in [-0.2, 0) is 10.0 Å². The molecule has 28 heavy (non-hydrogen) atoms. The molecule has 9 heteroatoms. The van der Waals surface area contributed by atoms with Crippen LogP contribution in [0.2, 0.25) is 5.02 Å². The number of hydrogen-bond donors (Lipinski definition) is 2. The summed E-state index contributed by atoms with van der Waals surface area (Å²) in [5.41, 5.74) is 2.04. The highest BCUT2D eigenvalue weighted by Gasteiger charge is 2.20. The van der Waals surface area contributed by atoms with E-state index in [2.05, 4.69) is 10.0 Å². The Morgan fingerprint density at radius 1 is 1.00 bits per heavy atom. The van der Waals surface area contributed by atoms with E-state index in [9.17, 15) is 13.2 Å². The maximum atomic E-state index is 12.6. The van der Waals surface area contributed by atoms with Gasteiger partial charge in [0.1, 0.15) is 16.4 Å². The number of halogens is 1. The van der Waals surface area contributed by atoms with E-state index >= 15 is 0 Å². The molecular weight excluding hydrogens is 404 g/mol. The molecule has 2 rings (SSSR count). The third kappa shape index (κ3) is 5.15. The van der Waals surface area contributed by atoms with Gasteiger partial charge in [-0.05, 0) is 55.3 Å². The number of hydrogen-bond acceptors (Lipinski definition) is 5. The summed E-state index contributed by atoms with van der Waals surface area (Å²) in [5.74, 6) is 0.230. The fourth-order valence-corrected chi connectivity index (χ4v) is 3.96. The number of nitrogens with one attached hydrogen (secondary N) is 2. The van der Waals surface area contributed by atoms with Gasteiger partial charge in [-0.25, -0.2) is 13.1 Å². The molecule has 0 aliphatic heterocycles. The minimum Gasteiger partial charge on any atom is -0.496 e. The predicted molar refractivity (Wildman–Crippen MR) is 108 cm³/mol. The molecule has 0 saturated carbocycles. The smallest absolute Gasteiger partial charge is 0.255 e. The van der Waals surface area contributed by atoms with E-state index in [1.165, 1.54) is 20.3 Å². The molecule has 1 amide bonds. The molecule has 0 unspecified atom stereocenters. The van der Waals surface area contributed by atoms with Gasteiger partial charge < -0.3 is 14.8 Å². The molecule has 7 nitrogen and oxygen atoms in total. The van der Waals surface area contributed by atoms with Gasteiger partial charge in [-0.3, -0.25) is 4.79 Å². The third-order valence-electron chi connectivity index (χ3n) is 4.18. The van der Waals surface area contributed by atoms with E-state index in [-0.39, 0.29) is 29.3 Å². The second kappa shape index (κ2) is 9.27. The van der Waals surface area contributed by atoms with Crippen molar-refractivity contribution in [2.45, 2.75) is 18.7 Å². The summed E-state index contributed by atoms with van der Waals surface area (Å²) < 4.78 is 38.0. The van der Waals surface area contributed by atoms with Crippen molar-refractivity contribution >= 4 is 27.5 Å². The maximum Gasteiger partial charge on any atom is 0.255 e. The fraction of sp³-hybridized carbons (Fsp3) is 0.316. The van der Waals surface area contributed by atoms with Crippen molar-refractivity contribution in [3.63, 3.8) is 0 Å². The van der Waals surface area contributed by atoms with E-state index in [4.69, 9.17) is 21.1 Å². The van der Waals surface area contributed by atoms with Gasteiger partial charge >= 0.3 is 0 Å². The summed E-state index contributed by atoms with van der Waals surface area (Å²) in [6.45, 7) is 3.79. The Labute approximate surface area is 170 Å². The lowest BCUT2D eigenvalue weighted by atomic mass is 10.1. The largest absolute Gasteiger partial charge is 0.496 e. The minimum absolute atomic E-state index is 0.00698. The second-order valence-electron chi connectivity index (χ2n) is 6.09. The molecule has 2 N–H and O–H groups in total. The van der Waals surface area contributed by atoms with Gasteiger partial charge in [-0.15, -0.1) is 0 Å². The van der Waals surface area contributed by atoms with Crippen molar-refractivity contribution in [3.8, 4) is 11.5 Å². The summed E-state index contributed by atoms with van der Waals surface area (Å²) >= 11 is 5.92. The van der Waals surface area contributed by atoms with Crippen LogP contribution in [0.1, 0.15) is 21.5 Å². The number of carbonyl (C=O) groups is 1. The molecule has 0 heterocycles. The number of aryl methyl sites for hydroxylation is 2. The summed E-state index contributed by atoms with van der Waals surface area (Å²) in [4.78, 5) is 12.4. The molecule has 0 aliphatic carbocycles. The van der Waals surface area contributed by atoms with Gasteiger partial charge in [0.05, 0.1) is 19.8 Å². The molecule has 0 radical (unpaired) electrons. The van der Waals surface area contributed by atoms with E-state index in [0.29, 0.717) is 10.8 Å². The fourth-order valence-electron chi connectivity index (χ4n) is 2.52. The first-order valence-electron chi connectivity index (χ1n) is 8.46. The van der Waals surface area contributed by atoms with Gasteiger partial charge in [0.15, 0.2) is 0 Å². The van der Waals surface area contributed by atoms with Crippen LogP contribution in [0.25, 0.3) is 0 Å². The molecule has 0 atom stereocenters. The second-order valence-corrected chi connectivity index (χ2v) is 8.26. The first-order chi connectivity index (χ1) is 13.2. The molecule has 2 aromatic carbocycles. The first-order valence-corrected chi connectivity index (χ1v) is 10.3. The summed E-state index contributed by atoms with van der Waals surface area (Å²) in [6.07, 6.45) is 0. The predicted octanol–water partition coefficient (Wildman–Crippen LogP) is 2.68. The topological polar surface area (TPSA) is 93.7 Å². The van der Waals surface area contributed by atoms with Gasteiger partial charge in [0, 0.05) is 18.1 Å². The zero-order valence-electron chi connectivity index (χ0n) is 16.1. The van der Waals surface area contributed by atoms with Crippen LogP contribution in [0.4, 0.5) is 0 Å². The Hall–Kier alpha value is -2.29.